The SMILES string of the molecule is O=S(=O)(c1ccc(Br)s1)N1CC(c2nc(C3CC3)no2)C1. The predicted octanol–water partition coefficient (Wildman–Crippen LogP) is 2.56. The highest BCUT2D eigenvalue weighted by Crippen LogP contribution is 2.40. The lowest BCUT2D eigenvalue weighted by atomic mass is 10.0. The molecule has 2 aliphatic rings. The molecule has 112 valence electrons. The van der Waals surface area contributed by atoms with Crippen molar-refractivity contribution < 1.29 is 12.9 Å². The van der Waals surface area contributed by atoms with E-state index in [1.165, 1.54) is 15.6 Å². The lowest BCUT2D eigenvalue weighted by molar-refractivity contribution is 0.217. The van der Waals surface area contributed by atoms with Crippen LogP contribution in [0.1, 0.15) is 36.4 Å². The fourth-order valence-electron chi connectivity index (χ4n) is 2.27. The normalized spacial score (nSPS) is 20.6. The van der Waals surface area contributed by atoms with Crippen molar-refractivity contribution in [2.75, 3.05) is 13.1 Å². The molecular weight excluding hydrogens is 378 g/mol. The molecule has 2 aromatic rings. The molecule has 3 heterocycles. The van der Waals surface area contributed by atoms with E-state index in [0.29, 0.717) is 29.1 Å². The summed E-state index contributed by atoms with van der Waals surface area (Å²) < 4.78 is 32.6. The maximum atomic E-state index is 12.4. The molecule has 0 atom stereocenters. The minimum Gasteiger partial charge on any atom is -0.339 e. The standard InChI is InChI=1S/C12H12BrN3O3S2/c13-9-3-4-10(20-9)21(17,18)16-5-8(6-16)12-14-11(15-19-12)7-1-2-7/h3-4,7-8H,1-2,5-6H2. The van der Waals surface area contributed by atoms with Crippen molar-refractivity contribution in [3.05, 3.63) is 27.6 Å². The first-order valence-corrected chi connectivity index (χ1v) is 9.68. The van der Waals surface area contributed by atoms with Crippen molar-refractivity contribution in [3.8, 4) is 0 Å². The second-order valence-electron chi connectivity index (χ2n) is 5.34. The Bertz CT molecular complexity index is 775. The van der Waals surface area contributed by atoms with Crippen LogP contribution < -0.4 is 0 Å². The average molecular weight is 390 g/mol. The number of aromatic nitrogens is 2. The molecule has 2 aromatic heterocycles. The van der Waals surface area contributed by atoms with E-state index in [0.717, 1.165) is 22.5 Å². The third-order valence-corrected chi connectivity index (χ3v) is 7.66. The molecule has 0 aromatic carbocycles. The summed E-state index contributed by atoms with van der Waals surface area (Å²) in [6.45, 7) is 0.814. The van der Waals surface area contributed by atoms with Gasteiger partial charge < -0.3 is 4.52 Å². The van der Waals surface area contributed by atoms with Crippen LogP contribution in [-0.4, -0.2) is 36.0 Å². The molecule has 0 bridgehead atoms. The third kappa shape index (κ3) is 2.45. The van der Waals surface area contributed by atoms with Gasteiger partial charge >= 0.3 is 0 Å². The first-order chi connectivity index (χ1) is 10.0. The fraction of sp³-hybridized carbons (Fsp3) is 0.500. The molecule has 0 N–H and O–H groups in total. The van der Waals surface area contributed by atoms with Gasteiger partial charge in [-0.15, -0.1) is 11.3 Å². The van der Waals surface area contributed by atoms with Crippen LogP contribution >= 0.6 is 27.3 Å². The van der Waals surface area contributed by atoms with Crippen molar-refractivity contribution in [1.29, 1.82) is 0 Å². The monoisotopic (exact) mass is 389 g/mol. The Hall–Kier alpha value is -0.770. The quantitative estimate of drug-likeness (QED) is 0.802. The number of rotatable bonds is 4. The first kappa shape index (κ1) is 13.9. The van der Waals surface area contributed by atoms with E-state index >= 15 is 0 Å². The number of sulfonamides is 1. The Morgan fingerprint density at radius 2 is 2.05 bits per heavy atom. The summed E-state index contributed by atoms with van der Waals surface area (Å²) in [6.07, 6.45) is 2.24. The largest absolute Gasteiger partial charge is 0.339 e. The number of nitrogens with zero attached hydrogens (tertiary/aromatic N) is 3. The molecule has 1 aliphatic heterocycles. The van der Waals surface area contributed by atoms with Gasteiger partial charge in [0.05, 0.1) is 9.70 Å². The third-order valence-electron chi connectivity index (χ3n) is 3.74. The molecule has 1 saturated heterocycles. The molecule has 21 heavy (non-hydrogen) atoms. The summed E-state index contributed by atoms with van der Waals surface area (Å²) in [5, 5.41) is 3.97. The van der Waals surface area contributed by atoms with Crippen molar-refractivity contribution in [1.82, 2.24) is 14.4 Å². The molecule has 9 heteroatoms. The maximum absolute atomic E-state index is 12.4. The molecule has 0 radical (unpaired) electrons. The molecule has 0 amide bonds. The summed E-state index contributed by atoms with van der Waals surface area (Å²) in [6, 6.07) is 3.37. The van der Waals surface area contributed by atoms with E-state index in [1.807, 2.05) is 0 Å². The second-order valence-corrected chi connectivity index (χ2v) is 9.97. The predicted molar refractivity (Wildman–Crippen MR) is 79.8 cm³/mol. The Morgan fingerprint density at radius 1 is 1.29 bits per heavy atom. The van der Waals surface area contributed by atoms with Crippen LogP contribution in [0.3, 0.4) is 0 Å². The van der Waals surface area contributed by atoms with Crippen molar-refractivity contribution in [3.63, 3.8) is 0 Å². The van der Waals surface area contributed by atoms with E-state index in [2.05, 4.69) is 26.1 Å². The van der Waals surface area contributed by atoms with E-state index < -0.39 is 10.0 Å². The van der Waals surface area contributed by atoms with Crippen LogP contribution in [0.15, 0.2) is 24.7 Å². The zero-order valence-corrected chi connectivity index (χ0v) is 14.1. The van der Waals surface area contributed by atoms with E-state index in [9.17, 15) is 8.42 Å². The topological polar surface area (TPSA) is 76.3 Å². The molecular formula is C12H12BrN3O3S2. The van der Waals surface area contributed by atoms with Crippen LogP contribution in [0.25, 0.3) is 0 Å². The highest BCUT2D eigenvalue weighted by Gasteiger charge is 2.41. The molecule has 4 rings (SSSR count). The van der Waals surface area contributed by atoms with Gasteiger partial charge in [0, 0.05) is 19.0 Å². The molecule has 1 saturated carbocycles. The molecule has 6 nitrogen and oxygen atoms in total. The Kier molecular flexibility index (Phi) is 3.21. The Labute approximate surface area is 134 Å². The van der Waals surface area contributed by atoms with Crippen molar-refractivity contribution >= 4 is 37.3 Å². The summed E-state index contributed by atoms with van der Waals surface area (Å²) in [7, 11) is -3.39. The molecule has 0 spiro atoms. The summed E-state index contributed by atoms with van der Waals surface area (Å²) in [5.41, 5.74) is 0. The van der Waals surface area contributed by atoms with Gasteiger partial charge in [0.1, 0.15) is 4.21 Å². The van der Waals surface area contributed by atoms with Gasteiger partial charge in [-0.05, 0) is 40.9 Å². The highest BCUT2D eigenvalue weighted by molar-refractivity contribution is 9.11. The number of halogens is 1. The van der Waals surface area contributed by atoms with Crippen LogP contribution in [-0.2, 0) is 10.0 Å². The van der Waals surface area contributed by atoms with Gasteiger partial charge in [-0.2, -0.15) is 9.29 Å². The van der Waals surface area contributed by atoms with Crippen LogP contribution in [0.5, 0.6) is 0 Å². The van der Waals surface area contributed by atoms with Gasteiger partial charge in [0.25, 0.3) is 10.0 Å². The lowest BCUT2D eigenvalue weighted by Crippen LogP contribution is -2.48. The minimum atomic E-state index is -3.39. The summed E-state index contributed by atoms with van der Waals surface area (Å²) >= 11 is 4.51. The van der Waals surface area contributed by atoms with Crippen LogP contribution in [0.4, 0.5) is 0 Å². The van der Waals surface area contributed by atoms with Crippen LogP contribution in [0.2, 0.25) is 0 Å². The van der Waals surface area contributed by atoms with Gasteiger partial charge in [-0.1, -0.05) is 5.16 Å². The van der Waals surface area contributed by atoms with E-state index in [-0.39, 0.29) is 5.92 Å². The van der Waals surface area contributed by atoms with E-state index in [1.54, 1.807) is 12.1 Å². The van der Waals surface area contributed by atoms with E-state index in [4.69, 9.17) is 4.52 Å². The molecule has 0 unspecified atom stereocenters. The first-order valence-electron chi connectivity index (χ1n) is 6.63. The fourth-order valence-corrected chi connectivity index (χ4v) is 5.97. The molecule has 1 aliphatic carbocycles. The number of thiophene rings is 1. The van der Waals surface area contributed by atoms with Crippen molar-refractivity contribution in [2.24, 2.45) is 0 Å². The van der Waals surface area contributed by atoms with Gasteiger partial charge in [-0.3, -0.25) is 0 Å². The number of hydrogen-bond donors (Lipinski definition) is 0. The maximum Gasteiger partial charge on any atom is 0.252 e. The summed E-state index contributed by atoms with van der Waals surface area (Å²) in [4.78, 5) is 4.38. The minimum absolute atomic E-state index is 0.0168. The summed E-state index contributed by atoms with van der Waals surface area (Å²) in [5.74, 6) is 1.80. The second kappa shape index (κ2) is 4.87. The average Bonchev–Trinajstić information content (AvgIpc) is 2.95. The Balaban J connectivity index is 1.46. The highest BCUT2D eigenvalue weighted by atomic mass is 79.9. The lowest BCUT2D eigenvalue weighted by Gasteiger charge is -2.35. The number of hydrogen-bond acceptors (Lipinski definition) is 6. The van der Waals surface area contributed by atoms with Crippen molar-refractivity contribution in [2.45, 2.75) is 28.9 Å². The van der Waals surface area contributed by atoms with Gasteiger partial charge in [0.2, 0.25) is 5.89 Å². The Morgan fingerprint density at radius 3 is 2.67 bits per heavy atom. The smallest absolute Gasteiger partial charge is 0.252 e. The van der Waals surface area contributed by atoms with Gasteiger partial charge in [-0.25, -0.2) is 8.42 Å². The van der Waals surface area contributed by atoms with Crippen LogP contribution in [0, 0.1) is 0 Å². The zero-order valence-electron chi connectivity index (χ0n) is 10.9. The van der Waals surface area contributed by atoms with Gasteiger partial charge in [0.15, 0.2) is 5.82 Å². The molecule has 2 fully saturated rings. The zero-order chi connectivity index (χ0) is 14.6.